The maximum absolute atomic E-state index is 12.1. The molecule has 1 amide bonds. The predicted molar refractivity (Wildman–Crippen MR) is 63.6 cm³/mol. The number of aliphatic carboxylic acids is 1. The number of carbonyl (C=O) groups is 2. The molecular weight excluding hydrogens is 218 g/mol. The maximum atomic E-state index is 12.1. The molecule has 0 aromatic carbocycles. The number of amides is 1. The molecule has 1 saturated carbocycles. The highest BCUT2D eigenvalue weighted by Gasteiger charge is 2.33. The van der Waals surface area contributed by atoms with Crippen LogP contribution in [0.3, 0.4) is 0 Å². The zero-order valence-corrected chi connectivity index (χ0v) is 10.2. The van der Waals surface area contributed by atoms with Gasteiger partial charge in [-0.25, -0.2) is 4.79 Å². The van der Waals surface area contributed by atoms with Crippen LogP contribution in [0, 0.1) is 5.92 Å². The third-order valence-electron chi connectivity index (χ3n) is 4.05. The van der Waals surface area contributed by atoms with Gasteiger partial charge in [0.2, 0.25) is 5.91 Å². The standard InChI is InChI=1S/C13H21NO3/c15-12(9-10-5-1-2-6-10)14-8-4-3-7-11(14)13(16)17/h10-11H,1-9H2,(H,16,17). The molecule has 4 heteroatoms. The number of carbonyl (C=O) groups excluding carboxylic acids is 1. The lowest BCUT2D eigenvalue weighted by atomic mass is 9.98. The summed E-state index contributed by atoms with van der Waals surface area (Å²) in [6.45, 7) is 0.628. The Labute approximate surface area is 102 Å². The van der Waals surface area contributed by atoms with Crippen LogP contribution < -0.4 is 0 Å². The van der Waals surface area contributed by atoms with Crippen molar-refractivity contribution in [1.29, 1.82) is 0 Å². The van der Waals surface area contributed by atoms with Crippen LogP contribution in [0.1, 0.15) is 51.4 Å². The number of carboxylic acids is 1. The van der Waals surface area contributed by atoms with Gasteiger partial charge in [0.25, 0.3) is 0 Å². The smallest absolute Gasteiger partial charge is 0.326 e. The summed E-state index contributed by atoms with van der Waals surface area (Å²) < 4.78 is 0. The summed E-state index contributed by atoms with van der Waals surface area (Å²) in [5.74, 6) is -0.285. The molecule has 4 nitrogen and oxygen atoms in total. The zero-order chi connectivity index (χ0) is 12.3. The lowest BCUT2D eigenvalue weighted by molar-refractivity contribution is -0.152. The van der Waals surface area contributed by atoms with Crippen LogP contribution in [-0.4, -0.2) is 34.5 Å². The number of carboxylic acid groups (broad SMARTS) is 1. The van der Waals surface area contributed by atoms with Crippen LogP contribution in [0.4, 0.5) is 0 Å². The summed E-state index contributed by atoms with van der Waals surface area (Å²) in [7, 11) is 0. The Balaban J connectivity index is 1.93. The van der Waals surface area contributed by atoms with E-state index in [1.807, 2.05) is 0 Å². The van der Waals surface area contributed by atoms with E-state index in [9.17, 15) is 9.59 Å². The van der Waals surface area contributed by atoms with E-state index in [1.54, 1.807) is 4.90 Å². The Bertz CT molecular complexity index is 297. The van der Waals surface area contributed by atoms with Crippen molar-refractivity contribution in [2.75, 3.05) is 6.54 Å². The van der Waals surface area contributed by atoms with Crippen molar-refractivity contribution in [3.05, 3.63) is 0 Å². The van der Waals surface area contributed by atoms with Crippen LogP contribution >= 0.6 is 0 Å². The number of hydrogen-bond donors (Lipinski definition) is 1. The van der Waals surface area contributed by atoms with Crippen molar-refractivity contribution in [3.63, 3.8) is 0 Å². The highest BCUT2D eigenvalue weighted by molar-refractivity contribution is 5.84. The van der Waals surface area contributed by atoms with Gasteiger partial charge in [-0.05, 0) is 38.0 Å². The molecule has 2 fully saturated rings. The number of nitrogens with zero attached hydrogens (tertiary/aromatic N) is 1. The molecule has 1 aliphatic heterocycles. The summed E-state index contributed by atoms with van der Waals surface area (Å²) in [5.41, 5.74) is 0. The molecule has 1 aliphatic carbocycles. The second-order valence-electron chi connectivity index (χ2n) is 5.29. The highest BCUT2D eigenvalue weighted by Crippen LogP contribution is 2.29. The number of likely N-dealkylation sites (tertiary alicyclic amines) is 1. The van der Waals surface area contributed by atoms with Crippen molar-refractivity contribution in [3.8, 4) is 0 Å². The average molecular weight is 239 g/mol. The number of hydrogen-bond acceptors (Lipinski definition) is 2. The van der Waals surface area contributed by atoms with Crippen molar-refractivity contribution in [2.24, 2.45) is 5.92 Å². The quantitative estimate of drug-likeness (QED) is 0.819. The monoisotopic (exact) mass is 239 g/mol. The molecule has 0 radical (unpaired) electrons. The van der Waals surface area contributed by atoms with E-state index in [0.29, 0.717) is 25.3 Å². The van der Waals surface area contributed by atoms with Crippen molar-refractivity contribution in [2.45, 2.75) is 57.4 Å². The maximum Gasteiger partial charge on any atom is 0.326 e. The minimum absolute atomic E-state index is 0.0593. The first-order chi connectivity index (χ1) is 8.18. The molecule has 0 aromatic rings. The fraction of sp³-hybridized carbons (Fsp3) is 0.846. The van der Waals surface area contributed by atoms with Gasteiger partial charge in [0, 0.05) is 13.0 Å². The molecule has 1 atom stereocenters. The van der Waals surface area contributed by atoms with E-state index in [1.165, 1.54) is 12.8 Å². The van der Waals surface area contributed by atoms with Crippen molar-refractivity contribution < 1.29 is 14.7 Å². The van der Waals surface area contributed by atoms with Crippen molar-refractivity contribution in [1.82, 2.24) is 4.90 Å². The fourth-order valence-electron chi connectivity index (χ4n) is 3.07. The minimum Gasteiger partial charge on any atom is -0.480 e. The van der Waals surface area contributed by atoms with Crippen LogP contribution in [0.15, 0.2) is 0 Å². The second kappa shape index (κ2) is 5.52. The van der Waals surface area contributed by atoms with Gasteiger partial charge in [-0.3, -0.25) is 4.79 Å². The highest BCUT2D eigenvalue weighted by atomic mass is 16.4. The van der Waals surface area contributed by atoms with E-state index in [4.69, 9.17) is 5.11 Å². The largest absolute Gasteiger partial charge is 0.480 e. The Morgan fingerprint density at radius 3 is 2.35 bits per heavy atom. The van der Waals surface area contributed by atoms with Crippen molar-refractivity contribution >= 4 is 11.9 Å². The molecule has 1 unspecified atom stereocenters. The van der Waals surface area contributed by atoms with Crippen LogP contribution in [0.2, 0.25) is 0 Å². The van der Waals surface area contributed by atoms with E-state index >= 15 is 0 Å². The first kappa shape index (κ1) is 12.4. The first-order valence-electron chi connectivity index (χ1n) is 6.71. The summed E-state index contributed by atoms with van der Waals surface area (Å²) in [4.78, 5) is 24.8. The van der Waals surface area contributed by atoms with Gasteiger partial charge in [-0.1, -0.05) is 12.8 Å². The molecule has 17 heavy (non-hydrogen) atoms. The molecule has 96 valence electrons. The summed E-state index contributed by atoms with van der Waals surface area (Å²) in [6, 6.07) is -0.572. The van der Waals surface area contributed by atoms with Gasteiger partial charge < -0.3 is 10.0 Å². The van der Waals surface area contributed by atoms with Gasteiger partial charge in [-0.2, -0.15) is 0 Å². The van der Waals surface area contributed by atoms with Gasteiger partial charge in [0.15, 0.2) is 0 Å². The molecule has 2 rings (SSSR count). The SMILES string of the molecule is O=C(O)C1CCCCN1C(=O)CC1CCCC1. The summed E-state index contributed by atoms with van der Waals surface area (Å²) in [5, 5.41) is 9.12. The molecule has 0 spiro atoms. The normalized spacial score (nSPS) is 26.1. The van der Waals surface area contributed by atoms with E-state index in [0.717, 1.165) is 25.7 Å². The van der Waals surface area contributed by atoms with Crippen LogP contribution in [-0.2, 0) is 9.59 Å². The van der Waals surface area contributed by atoms with Crippen LogP contribution in [0.5, 0.6) is 0 Å². The molecule has 2 aliphatic rings. The summed E-state index contributed by atoms with van der Waals surface area (Å²) in [6.07, 6.45) is 7.76. The topological polar surface area (TPSA) is 57.6 Å². The third kappa shape index (κ3) is 2.99. The van der Waals surface area contributed by atoms with Crippen LogP contribution in [0.25, 0.3) is 0 Å². The van der Waals surface area contributed by atoms with Gasteiger partial charge in [-0.15, -0.1) is 0 Å². The average Bonchev–Trinajstić information content (AvgIpc) is 2.81. The summed E-state index contributed by atoms with van der Waals surface area (Å²) >= 11 is 0. The fourth-order valence-corrected chi connectivity index (χ4v) is 3.07. The van der Waals surface area contributed by atoms with Gasteiger partial charge >= 0.3 is 5.97 Å². The van der Waals surface area contributed by atoms with E-state index in [2.05, 4.69) is 0 Å². The lowest BCUT2D eigenvalue weighted by Crippen LogP contribution is -2.48. The van der Waals surface area contributed by atoms with E-state index < -0.39 is 12.0 Å². The molecule has 0 aromatic heterocycles. The van der Waals surface area contributed by atoms with Gasteiger partial charge in [0.05, 0.1) is 0 Å². The Morgan fingerprint density at radius 2 is 1.71 bits per heavy atom. The number of rotatable bonds is 3. The Kier molecular flexibility index (Phi) is 4.02. The Morgan fingerprint density at radius 1 is 1.06 bits per heavy atom. The molecular formula is C13H21NO3. The Hall–Kier alpha value is -1.06. The molecule has 1 saturated heterocycles. The predicted octanol–water partition coefficient (Wildman–Crippen LogP) is 2.03. The van der Waals surface area contributed by atoms with Gasteiger partial charge in [0.1, 0.15) is 6.04 Å². The minimum atomic E-state index is -0.843. The first-order valence-corrected chi connectivity index (χ1v) is 6.71. The number of piperidine rings is 1. The third-order valence-corrected chi connectivity index (χ3v) is 4.05. The lowest BCUT2D eigenvalue weighted by Gasteiger charge is -2.33. The van der Waals surface area contributed by atoms with E-state index in [-0.39, 0.29) is 5.91 Å². The second-order valence-corrected chi connectivity index (χ2v) is 5.29. The molecule has 0 bridgehead atoms. The zero-order valence-electron chi connectivity index (χ0n) is 10.2. The molecule has 1 N–H and O–H groups in total. The molecule has 1 heterocycles.